The summed E-state index contributed by atoms with van der Waals surface area (Å²) >= 11 is 5.87. The minimum absolute atomic E-state index is 0.0817. The number of rotatable bonds is 5. The molecule has 2 aromatic rings. The number of nitrogens with zero attached hydrogens (tertiary/aromatic N) is 4. The zero-order valence-corrected chi connectivity index (χ0v) is 14.2. The number of benzene rings is 1. The molecule has 2 heterocycles. The van der Waals surface area contributed by atoms with Crippen LogP contribution in [-0.4, -0.2) is 65.7 Å². The van der Waals surface area contributed by atoms with Gasteiger partial charge in [-0.25, -0.2) is 0 Å². The van der Waals surface area contributed by atoms with E-state index in [-0.39, 0.29) is 5.91 Å². The zero-order valence-electron chi connectivity index (χ0n) is 13.4. The van der Waals surface area contributed by atoms with Gasteiger partial charge in [0, 0.05) is 23.7 Å². The molecular weight excluding hydrogens is 332 g/mol. The lowest BCUT2D eigenvalue weighted by molar-refractivity contribution is -0.136. The SMILES string of the molecule is CN(CC(=O)N1CCOCC1)Cc1nc(-c2ccc(Cl)cc2)no1. The van der Waals surface area contributed by atoms with Gasteiger partial charge in [0.1, 0.15) is 0 Å². The molecule has 0 radical (unpaired) electrons. The van der Waals surface area contributed by atoms with Crippen LogP contribution in [0.2, 0.25) is 5.02 Å². The highest BCUT2D eigenvalue weighted by Crippen LogP contribution is 2.19. The minimum atomic E-state index is 0.0817. The highest BCUT2D eigenvalue weighted by molar-refractivity contribution is 6.30. The Bertz CT molecular complexity index is 683. The number of hydrogen-bond donors (Lipinski definition) is 0. The van der Waals surface area contributed by atoms with Crippen molar-refractivity contribution in [3.63, 3.8) is 0 Å². The van der Waals surface area contributed by atoms with E-state index < -0.39 is 0 Å². The van der Waals surface area contributed by atoms with Crippen LogP contribution in [0.15, 0.2) is 28.8 Å². The highest BCUT2D eigenvalue weighted by atomic mass is 35.5. The van der Waals surface area contributed by atoms with Gasteiger partial charge in [-0.3, -0.25) is 9.69 Å². The summed E-state index contributed by atoms with van der Waals surface area (Å²) in [6, 6.07) is 7.23. The Hall–Kier alpha value is -1.96. The van der Waals surface area contributed by atoms with Crippen LogP contribution < -0.4 is 0 Å². The number of hydrogen-bond acceptors (Lipinski definition) is 6. The van der Waals surface area contributed by atoms with Crippen molar-refractivity contribution >= 4 is 17.5 Å². The van der Waals surface area contributed by atoms with Crippen LogP contribution in [-0.2, 0) is 16.1 Å². The number of ether oxygens (including phenoxy) is 1. The van der Waals surface area contributed by atoms with Crippen molar-refractivity contribution in [3.05, 3.63) is 35.2 Å². The third kappa shape index (κ3) is 4.31. The number of aromatic nitrogens is 2. The molecule has 1 aromatic heterocycles. The van der Waals surface area contributed by atoms with E-state index in [4.69, 9.17) is 20.9 Å². The second-order valence-electron chi connectivity index (χ2n) is 5.68. The zero-order chi connectivity index (χ0) is 16.9. The molecule has 0 unspecified atom stereocenters. The molecule has 1 aromatic carbocycles. The van der Waals surface area contributed by atoms with Crippen LogP contribution in [0, 0.1) is 0 Å². The number of amides is 1. The second kappa shape index (κ2) is 7.74. The monoisotopic (exact) mass is 350 g/mol. The molecule has 3 rings (SSSR count). The Kier molecular flexibility index (Phi) is 5.44. The van der Waals surface area contributed by atoms with Crippen LogP contribution in [0.1, 0.15) is 5.89 Å². The van der Waals surface area contributed by atoms with Gasteiger partial charge in [-0.05, 0) is 31.3 Å². The molecule has 128 valence electrons. The van der Waals surface area contributed by atoms with Gasteiger partial charge in [-0.1, -0.05) is 16.8 Å². The number of halogens is 1. The van der Waals surface area contributed by atoms with Gasteiger partial charge in [0.15, 0.2) is 0 Å². The van der Waals surface area contributed by atoms with E-state index in [0.717, 1.165) is 5.56 Å². The first kappa shape index (κ1) is 16.9. The van der Waals surface area contributed by atoms with Crippen molar-refractivity contribution in [2.24, 2.45) is 0 Å². The highest BCUT2D eigenvalue weighted by Gasteiger charge is 2.19. The van der Waals surface area contributed by atoms with Crippen molar-refractivity contribution in [2.75, 3.05) is 39.9 Å². The fourth-order valence-corrected chi connectivity index (χ4v) is 2.59. The predicted octanol–water partition coefficient (Wildman–Crippen LogP) is 1.68. The van der Waals surface area contributed by atoms with Crippen molar-refractivity contribution in [1.29, 1.82) is 0 Å². The van der Waals surface area contributed by atoms with E-state index >= 15 is 0 Å². The molecule has 1 aliphatic heterocycles. The summed E-state index contributed by atoms with van der Waals surface area (Å²) in [5.41, 5.74) is 0.835. The topological polar surface area (TPSA) is 71.7 Å². The Morgan fingerprint density at radius 1 is 1.29 bits per heavy atom. The summed E-state index contributed by atoms with van der Waals surface area (Å²) in [6.07, 6.45) is 0. The van der Waals surface area contributed by atoms with E-state index in [2.05, 4.69) is 10.1 Å². The summed E-state index contributed by atoms with van der Waals surface area (Å²) in [6.45, 7) is 3.21. The van der Waals surface area contributed by atoms with Gasteiger partial charge in [-0.2, -0.15) is 4.98 Å². The average molecular weight is 351 g/mol. The van der Waals surface area contributed by atoms with Crippen molar-refractivity contribution in [1.82, 2.24) is 19.9 Å². The largest absolute Gasteiger partial charge is 0.378 e. The van der Waals surface area contributed by atoms with Crippen LogP contribution in [0.5, 0.6) is 0 Å². The summed E-state index contributed by atoms with van der Waals surface area (Å²) < 4.78 is 10.5. The van der Waals surface area contributed by atoms with Gasteiger partial charge in [-0.15, -0.1) is 0 Å². The standard InChI is InChI=1S/C16H19ClN4O3/c1-20(11-15(22)21-6-8-23-9-7-21)10-14-18-16(19-24-14)12-2-4-13(17)5-3-12/h2-5H,6-11H2,1H3. The second-order valence-corrected chi connectivity index (χ2v) is 6.12. The third-order valence-corrected chi connectivity index (χ3v) is 4.00. The fourth-order valence-electron chi connectivity index (χ4n) is 2.47. The lowest BCUT2D eigenvalue weighted by Crippen LogP contribution is -2.44. The van der Waals surface area contributed by atoms with Crippen LogP contribution >= 0.6 is 11.6 Å². The van der Waals surface area contributed by atoms with E-state index in [0.29, 0.717) is 56.1 Å². The number of carbonyl (C=O) groups excluding carboxylic acids is 1. The van der Waals surface area contributed by atoms with Gasteiger partial charge >= 0.3 is 0 Å². The molecule has 0 spiro atoms. The Morgan fingerprint density at radius 3 is 2.71 bits per heavy atom. The molecule has 1 fully saturated rings. The lowest BCUT2D eigenvalue weighted by atomic mass is 10.2. The molecule has 0 aliphatic carbocycles. The first-order chi connectivity index (χ1) is 11.6. The molecule has 1 amide bonds. The van der Waals surface area contributed by atoms with Gasteiger partial charge in [0.2, 0.25) is 17.6 Å². The van der Waals surface area contributed by atoms with Crippen molar-refractivity contribution in [3.8, 4) is 11.4 Å². The third-order valence-electron chi connectivity index (χ3n) is 3.74. The predicted molar refractivity (Wildman–Crippen MR) is 88.5 cm³/mol. The number of carbonyl (C=O) groups is 1. The van der Waals surface area contributed by atoms with E-state index in [1.165, 1.54) is 0 Å². The van der Waals surface area contributed by atoms with E-state index in [1.807, 2.05) is 29.0 Å². The number of morpholine rings is 1. The van der Waals surface area contributed by atoms with Crippen LogP contribution in [0.4, 0.5) is 0 Å². The van der Waals surface area contributed by atoms with E-state index in [1.54, 1.807) is 12.1 Å². The quantitative estimate of drug-likeness (QED) is 0.817. The Morgan fingerprint density at radius 2 is 2.00 bits per heavy atom. The maximum atomic E-state index is 12.2. The van der Waals surface area contributed by atoms with Crippen molar-refractivity contribution < 1.29 is 14.1 Å². The Balaban J connectivity index is 1.55. The molecule has 8 heteroatoms. The van der Waals surface area contributed by atoms with Gasteiger partial charge in [0.05, 0.1) is 26.3 Å². The molecule has 0 saturated carbocycles. The first-order valence-electron chi connectivity index (χ1n) is 7.74. The minimum Gasteiger partial charge on any atom is -0.378 e. The summed E-state index contributed by atoms with van der Waals surface area (Å²) in [5.74, 6) is 1.06. The van der Waals surface area contributed by atoms with Crippen LogP contribution in [0.25, 0.3) is 11.4 Å². The summed E-state index contributed by atoms with van der Waals surface area (Å²) in [4.78, 5) is 20.2. The molecule has 1 aliphatic rings. The molecule has 24 heavy (non-hydrogen) atoms. The molecule has 0 N–H and O–H groups in total. The molecular formula is C16H19ClN4O3. The van der Waals surface area contributed by atoms with Gasteiger partial charge in [0.25, 0.3) is 0 Å². The summed E-state index contributed by atoms with van der Waals surface area (Å²) in [7, 11) is 1.85. The van der Waals surface area contributed by atoms with Gasteiger partial charge < -0.3 is 14.2 Å². The first-order valence-corrected chi connectivity index (χ1v) is 8.12. The fraction of sp³-hybridized carbons (Fsp3) is 0.438. The summed E-state index contributed by atoms with van der Waals surface area (Å²) in [5, 5.41) is 4.63. The lowest BCUT2D eigenvalue weighted by Gasteiger charge is -2.28. The van der Waals surface area contributed by atoms with E-state index in [9.17, 15) is 4.79 Å². The van der Waals surface area contributed by atoms with Crippen molar-refractivity contribution in [2.45, 2.75) is 6.54 Å². The molecule has 1 saturated heterocycles. The average Bonchev–Trinajstić information content (AvgIpc) is 3.04. The smallest absolute Gasteiger partial charge is 0.241 e. The molecule has 7 nitrogen and oxygen atoms in total. The van der Waals surface area contributed by atoms with Crippen LogP contribution in [0.3, 0.4) is 0 Å². The maximum Gasteiger partial charge on any atom is 0.241 e. The Labute approximate surface area is 145 Å². The molecule has 0 atom stereocenters. The molecule has 0 bridgehead atoms. The maximum absolute atomic E-state index is 12.2. The normalized spacial score (nSPS) is 15.0. The number of likely N-dealkylation sites (N-methyl/N-ethyl adjacent to an activating group) is 1.